The van der Waals surface area contributed by atoms with Crippen LogP contribution in [-0.4, -0.2) is 24.1 Å². The van der Waals surface area contributed by atoms with Crippen LogP contribution in [0.5, 0.6) is 0 Å². The summed E-state index contributed by atoms with van der Waals surface area (Å²) >= 11 is 0. The Bertz CT molecular complexity index is 4230. The van der Waals surface area contributed by atoms with Gasteiger partial charge in [-0.2, -0.15) is 0 Å². The van der Waals surface area contributed by atoms with Crippen molar-refractivity contribution in [3.63, 3.8) is 0 Å². The summed E-state index contributed by atoms with van der Waals surface area (Å²) in [6.45, 7) is 0. The molecule has 0 N–H and O–H groups in total. The summed E-state index contributed by atoms with van der Waals surface area (Å²) in [7, 11) is 0. The SMILES string of the molecule is c1ccc(-c2ccc(-c3cc(-c4nc(-c5ccccc5)nc(-c5ccc6c(c5)c5ccccc5n6-c5ccccc5)n4)ccc3-n3c4cc5ccccc5cc4c4cc5ccccc5cc43)cc2)cc1. The minimum absolute atomic E-state index is 0.601. The lowest BCUT2D eigenvalue weighted by Gasteiger charge is -2.17. The first-order valence-corrected chi connectivity index (χ1v) is 23.8. The van der Waals surface area contributed by atoms with Crippen molar-refractivity contribution in [1.82, 2.24) is 24.1 Å². The minimum atomic E-state index is 0.601. The fourth-order valence-corrected chi connectivity index (χ4v) is 10.5. The van der Waals surface area contributed by atoms with Gasteiger partial charge in [0, 0.05) is 49.5 Å². The van der Waals surface area contributed by atoms with E-state index in [0.29, 0.717) is 17.5 Å². The number of fused-ring (bicyclic) bond motifs is 8. The van der Waals surface area contributed by atoms with Gasteiger partial charge in [-0.25, -0.2) is 15.0 Å². The van der Waals surface area contributed by atoms with E-state index in [0.717, 1.165) is 72.2 Å². The van der Waals surface area contributed by atoms with Crippen LogP contribution in [0.4, 0.5) is 0 Å². The zero-order valence-corrected chi connectivity index (χ0v) is 37.9. The van der Waals surface area contributed by atoms with Crippen molar-refractivity contribution < 1.29 is 0 Å². The molecule has 0 saturated carbocycles. The summed E-state index contributed by atoms with van der Waals surface area (Å²) in [6.07, 6.45) is 0. The van der Waals surface area contributed by atoms with Crippen LogP contribution in [0.3, 0.4) is 0 Å². The van der Waals surface area contributed by atoms with Gasteiger partial charge >= 0.3 is 0 Å². The van der Waals surface area contributed by atoms with Gasteiger partial charge in [-0.05, 0) is 117 Å². The smallest absolute Gasteiger partial charge is 0.164 e. The van der Waals surface area contributed by atoms with E-state index in [2.05, 4.69) is 240 Å². The normalized spacial score (nSPS) is 11.7. The highest BCUT2D eigenvalue weighted by atomic mass is 15.0. The van der Waals surface area contributed by atoms with Gasteiger partial charge in [0.2, 0.25) is 0 Å². The highest BCUT2D eigenvalue weighted by Crippen LogP contribution is 2.42. The third-order valence-electron chi connectivity index (χ3n) is 13.9. The summed E-state index contributed by atoms with van der Waals surface area (Å²) < 4.78 is 4.80. The van der Waals surface area contributed by atoms with E-state index in [1.165, 1.54) is 43.3 Å². The van der Waals surface area contributed by atoms with Crippen molar-refractivity contribution >= 4 is 65.2 Å². The molecule has 0 aliphatic heterocycles. The number of para-hydroxylation sites is 2. The van der Waals surface area contributed by atoms with Crippen LogP contribution in [0.15, 0.2) is 249 Å². The molecule has 0 fully saturated rings. The largest absolute Gasteiger partial charge is 0.309 e. The summed E-state index contributed by atoms with van der Waals surface area (Å²) in [5, 5.41) is 9.57. The first kappa shape index (κ1) is 39.7. The van der Waals surface area contributed by atoms with Gasteiger partial charge in [0.15, 0.2) is 17.5 Å². The molecule has 3 aromatic heterocycles. The van der Waals surface area contributed by atoms with Crippen LogP contribution >= 0.6 is 0 Å². The first-order chi connectivity index (χ1) is 34.7. The van der Waals surface area contributed by atoms with Crippen LogP contribution in [0.1, 0.15) is 0 Å². The molecule has 5 nitrogen and oxygen atoms in total. The lowest BCUT2D eigenvalue weighted by Crippen LogP contribution is -2.02. The number of nitrogens with zero attached hydrogens (tertiary/aromatic N) is 5. The second-order valence-corrected chi connectivity index (χ2v) is 18.0. The third-order valence-corrected chi connectivity index (χ3v) is 13.9. The molecule has 0 atom stereocenters. The maximum Gasteiger partial charge on any atom is 0.164 e. The number of benzene rings is 11. The standard InChI is InChI=1S/C65H41N5/c1-4-16-42(17-5-1)43-28-30-44(31-29-43)54-38-50(32-34-59(54)70-61-40-48-22-12-10-20-46(48)36-56(61)57-37-47-21-11-13-23-49(47)41-62(57)70)64-66-63(45-18-6-2-7-19-45)67-65(68-64)51-33-35-60-55(39-51)53-26-14-15-27-58(53)69(60)52-24-8-3-9-25-52/h1-41H. The van der Waals surface area contributed by atoms with E-state index in [1.807, 2.05) is 18.2 Å². The highest BCUT2D eigenvalue weighted by molar-refractivity contribution is 6.17. The summed E-state index contributed by atoms with van der Waals surface area (Å²) in [6, 6.07) is 89.0. The molecule has 3 heterocycles. The maximum absolute atomic E-state index is 5.36. The van der Waals surface area contributed by atoms with Crippen LogP contribution in [-0.2, 0) is 0 Å². The van der Waals surface area contributed by atoms with Crippen molar-refractivity contribution in [1.29, 1.82) is 0 Å². The quantitative estimate of drug-likeness (QED) is 0.160. The Kier molecular flexibility index (Phi) is 9.14. The molecule has 14 aromatic rings. The molecule has 326 valence electrons. The summed E-state index contributed by atoms with van der Waals surface area (Å²) in [4.78, 5) is 15.8. The highest BCUT2D eigenvalue weighted by Gasteiger charge is 2.21. The van der Waals surface area contributed by atoms with Crippen LogP contribution < -0.4 is 0 Å². The Morgan fingerprint density at radius 1 is 0.243 bits per heavy atom. The molecule has 70 heavy (non-hydrogen) atoms. The fraction of sp³-hybridized carbons (Fsp3) is 0. The predicted octanol–water partition coefficient (Wildman–Crippen LogP) is 16.7. The van der Waals surface area contributed by atoms with Gasteiger partial charge in [0.1, 0.15) is 0 Å². The molecule has 0 unspecified atom stereocenters. The summed E-state index contributed by atoms with van der Waals surface area (Å²) in [5.74, 6) is 1.83. The van der Waals surface area contributed by atoms with E-state index in [4.69, 9.17) is 15.0 Å². The van der Waals surface area contributed by atoms with Gasteiger partial charge in [-0.3, -0.25) is 0 Å². The van der Waals surface area contributed by atoms with Gasteiger partial charge in [0.05, 0.1) is 27.8 Å². The van der Waals surface area contributed by atoms with E-state index in [9.17, 15) is 0 Å². The minimum Gasteiger partial charge on any atom is -0.309 e. The Labute approximate surface area is 403 Å². The zero-order chi connectivity index (χ0) is 46.1. The Hall–Kier alpha value is -9.45. The second kappa shape index (κ2) is 16.1. The molecular weight excluding hydrogens is 851 g/mol. The Morgan fingerprint density at radius 3 is 1.30 bits per heavy atom. The summed E-state index contributed by atoms with van der Waals surface area (Å²) in [5.41, 5.74) is 14.0. The Balaban J connectivity index is 1.00. The maximum atomic E-state index is 5.36. The molecule has 0 radical (unpaired) electrons. The van der Waals surface area contributed by atoms with E-state index in [-0.39, 0.29) is 0 Å². The van der Waals surface area contributed by atoms with Crippen molar-refractivity contribution in [3.8, 4) is 67.8 Å². The number of aromatic nitrogens is 5. The molecule has 0 aliphatic carbocycles. The molecular formula is C65H41N5. The van der Waals surface area contributed by atoms with Crippen molar-refractivity contribution in [3.05, 3.63) is 249 Å². The number of rotatable bonds is 7. The van der Waals surface area contributed by atoms with Crippen LogP contribution in [0.25, 0.3) is 133 Å². The van der Waals surface area contributed by atoms with Crippen molar-refractivity contribution in [2.45, 2.75) is 0 Å². The van der Waals surface area contributed by atoms with Crippen molar-refractivity contribution in [2.24, 2.45) is 0 Å². The van der Waals surface area contributed by atoms with Crippen LogP contribution in [0.2, 0.25) is 0 Å². The molecule has 0 bridgehead atoms. The third kappa shape index (κ3) is 6.59. The first-order valence-electron chi connectivity index (χ1n) is 23.8. The molecule has 11 aromatic carbocycles. The van der Waals surface area contributed by atoms with E-state index in [1.54, 1.807) is 0 Å². The number of hydrogen-bond donors (Lipinski definition) is 0. The Morgan fingerprint density at radius 2 is 0.671 bits per heavy atom. The number of hydrogen-bond acceptors (Lipinski definition) is 3. The monoisotopic (exact) mass is 891 g/mol. The van der Waals surface area contributed by atoms with Gasteiger partial charge < -0.3 is 9.13 Å². The molecule has 14 rings (SSSR count). The molecule has 5 heteroatoms. The average molecular weight is 892 g/mol. The van der Waals surface area contributed by atoms with Gasteiger partial charge in [0.25, 0.3) is 0 Å². The second-order valence-electron chi connectivity index (χ2n) is 18.0. The van der Waals surface area contributed by atoms with Gasteiger partial charge in [-0.15, -0.1) is 0 Å². The van der Waals surface area contributed by atoms with E-state index < -0.39 is 0 Å². The molecule has 0 spiro atoms. The molecule has 0 saturated heterocycles. The molecule has 0 aliphatic rings. The molecule has 0 amide bonds. The van der Waals surface area contributed by atoms with Gasteiger partial charge in [-0.1, -0.05) is 170 Å². The van der Waals surface area contributed by atoms with E-state index >= 15 is 0 Å². The zero-order valence-electron chi connectivity index (χ0n) is 37.9. The van der Waals surface area contributed by atoms with Crippen molar-refractivity contribution in [2.75, 3.05) is 0 Å². The average Bonchev–Trinajstić information content (AvgIpc) is 3.93. The predicted molar refractivity (Wildman–Crippen MR) is 291 cm³/mol. The topological polar surface area (TPSA) is 48.5 Å². The van der Waals surface area contributed by atoms with Crippen LogP contribution in [0, 0.1) is 0 Å². The lowest BCUT2D eigenvalue weighted by molar-refractivity contribution is 1.07. The fourth-order valence-electron chi connectivity index (χ4n) is 10.5. The lowest BCUT2D eigenvalue weighted by atomic mass is 9.97.